The predicted molar refractivity (Wildman–Crippen MR) is 120 cm³/mol. The summed E-state index contributed by atoms with van der Waals surface area (Å²) >= 11 is 1.12. The summed E-state index contributed by atoms with van der Waals surface area (Å²) in [6.07, 6.45) is -4.89. The maximum Gasteiger partial charge on any atom is 0.405 e. The second-order valence-corrected chi connectivity index (χ2v) is 9.20. The summed E-state index contributed by atoms with van der Waals surface area (Å²) in [6, 6.07) is 4.74. The van der Waals surface area contributed by atoms with Crippen LogP contribution in [0.15, 0.2) is 29.8 Å². The second-order valence-electron chi connectivity index (χ2n) is 8.35. The van der Waals surface area contributed by atoms with Crippen molar-refractivity contribution in [2.24, 2.45) is 5.92 Å². The Labute approximate surface area is 198 Å². The van der Waals surface area contributed by atoms with Crippen molar-refractivity contribution in [2.75, 3.05) is 6.54 Å². The first kappa shape index (κ1) is 25.5. The number of alkyl halides is 2. The highest BCUT2D eigenvalue weighted by atomic mass is 32.1. The van der Waals surface area contributed by atoms with Crippen LogP contribution in [0.5, 0.6) is 0 Å². The van der Waals surface area contributed by atoms with Gasteiger partial charge in [0.25, 0.3) is 6.43 Å². The summed E-state index contributed by atoms with van der Waals surface area (Å²) in [4.78, 5) is 42.1. The molecule has 1 unspecified atom stereocenters. The standard InChI is InChI=1S/C22H26F2N4O5S/c1-11(2)16(27-22(32)33)21(31)28-9-14(29)7-15(28)20(30)25-8-12-3-5-13(6-4-12)18-17(19(23)24)26-10-34-18/h3-6,10-11,14-16,19,27,29H,7-9H2,1-2H3,(H,25,30)(H,32,33)/t14-,15+,16?/m1/s1. The van der Waals surface area contributed by atoms with Crippen molar-refractivity contribution >= 4 is 29.2 Å². The van der Waals surface area contributed by atoms with Gasteiger partial charge in [-0.05, 0) is 17.0 Å². The first-order chi connectivity index (χ1) is 16.1. The lowest BCUT2D eigenvalue weighted by Gasteiger charge is -2.29. The van der Waals surface area contributed by atoms with Crippen LogP contribution in [0.1, 0.15) is 38.0 Å². The van der Waals surface area contributed by atoms with Crippen LogP contribution < -0.4 is 10.6 Å². The molecule has 1 aromatic heterocycles. The number of aliphatic hydroxyl groups is 1. The fourth-order valence-corrected chi connectivity index (χ4v) is 4.64. The zero-order valence-electron chi connectivity index (χ0n) is 18.6. The summed E-state index contributed by atoms with van der Waals surface area (Å²) < 4.78 is 26.1. The molecule has 0 spiro atoms. The quantitative estimate of drug-likeness (QED) is 0.444. The number of halogens is 2. The van der Waals surface area contributed by atoms with E-state index in [-0.39, 0.29) is 31.1 Å². The van der Waals surface area contributed by atoms with Gasteiger partial charge in [-0.15, -0.1) is 11.3 Å². The van der Waals surface area contributed by atoms with Crippen LogP contribution in [0.3, 0.4) is 0 Å². The van der Waals surface area contributed by atoms with Crippen molar-refractivity contribution in [3.05, 3.63) is 41.0 Å². The summed E-state index contributed by atoms with van der Waals surface area (Å²) in [5.74, 6) is -1.40. The molecule has 3 atom stereocenters. The number of amides is 3. The van der Waals surface area contributed by atoms with Crippen molar-refractivity contribution in [2.45, 2.75) is 51.4 Å². The first-order valence-corrected chi connectivity index (χ1v) is 11.5. The Balaban J connectivity index is 1.65. The van der Waals surface area contributed by atoms with Crippen LogP contribution in [-0.4, -0.2) is 62.7 Å². The molecule has 0 bridgehead atoms. The van der Waals surface area contributed by atoms with Crippen LogP contribution in [0.2, 0.25) is 0 Å². The fourth-order valence-electron chi connectivity index (χ4n) is 3.84. The van der Waals surface area contributed by atoms with Gasteiger partial charge in [0.1, 0.15) is 17.8 Å². The van der Waals surface area contributed by atoms with Crippen molar-refractivity contribution < 1.29 is 33.4 Å². The molecule has 4 N–H and O–H groups in total. The molecule has 0 aliphatic carbocycles. The number of nitrogens with one attached hydrogen (secondary N) is 2. The number of carbonyl (C=O) groups is 3. The average molecular weight is 497 g/mol. The third kappa shape index (κ3) is 5.86. The molecule has 9 nitrogen and oxygen atoms in total. The van der Waals surface area contributed by atoms with E-state index in [0.717, 1.165) is 11.3 Å². The van der Waals surface area contributed by atoms with Crippen LogP contribution in [0.4, 0.5) is 13.6 Å². The topological polar surface area (TPSA) is 132 Å². The van der Waals surface area contributed by atoms with Gasteiger partial charge in [-0.2, -0.15) is 0 Å². The molecule has 12 heteroatoms. The third-order valence-electron chi connectivity index (χ3n) is 5.56. The number of benzene rings is 1. The van der Waals surface area contributed by atoms with E-state index in [2.05, 4.69) is 15.6 Å². The smallest absolute Gasteiger partial charge is 0.405 e. The molecule has 3 rings (SSSR count). The van der Waals surface area contributed by atoms with E-state index in [4.69, 9.17) is 5.11 Å². The van der Waals surface area contributed by atoms with Gasteiger partial charge in [0.2, 0.25) is 11.8 Å². The monoisotopic (exact) mass is 496 g/mol. The van der Waals surface area contributed by atoms with Gasteiger partial charge in [0.05, 0.1) is 16.5 Å². The summed E-state index contributed by atoms with van der Waals surface area (Å²) in [7, 11) is 0. The Kier molecular flexibility index (Phi) is 8.15. The number of hydrogen-bond acceptors (Lipinski definition) is 6. The number of aromatic nitrogens is 1. The molecule has 1 aliphatic rings. The molecule has 1 aromatic carbocycles. The van der Waals surface area contributed by atoms with Gasteiger partial charge in [-0.25, -0.2) is 18.6 Å². The van der Waals surface area contributed by atoms with E-state index < -0.39 is 42.5 Å². The van der Waals surface area contributed by atoms with Gasteiger partial charge in [-0.1, -0.05) is 38.1 Å². The highest BCUT2D eigenvalue weighted by Gasteiger charge is 2.42. The van der Waals surface area contributed by atoms with Crippen molar-refractivity contribution in [3.63, 3.8) is 0 Å². The van der Waals surface area contributed by atoms with E-state index >= 15 is 0 Å². The average Bonchev–Trinajstić information content (AvgIpc) is 3.42. The number of rotatable bonds is 8. The zero-order chi connectivity index (χ0) is 25.0. The molecular weight excluding hydrogens is 470 g/mol. The van der Waals surface area contributed by atoms with Gasteiger partial charge in [-0.3, -0.25) is 9.59 Å². The largest absolute Gasteiger partial charge is 0.465 e. The number of β-amino-alcohol motifs (C(OH)–C–C–N with tert-alkyl or cyclic N) is 1. The summed E-state index contributed by atoms with van der Waals surface area (Å²) in [5, 5.41) is 24.0. The molecule has 0 radical (unpaired) electrons. The van der Waals surface area contributed by atoms with E-state index in [1.54, 1.807) is 38.1 Å². The molecule has 0 saturated carbocycles. The van der Waals surface area contributed by atoms with E-state index in [1.807, 2.05) is 0 Å². The second kappa shape index (κ2) is 10.9. The number of hydrogen-bond donors (Lipinski definition) is 4. The minimum absolute atomic E-state index is 0.0379. The van der Waals surface area contributed by atoms with Crippen LogP contribution >= 0.6 is 11.3 Å². The number of nitrogens with zero attached hydrogens (tertiary/aromatic N) is 2. The van der Waals surface area contributed by atoms with Crippen molar-refractivity contribution in [1.82, 2.24) is 20.5 Å². The highest BCUT2D eigenvalue weighted by molar-refractivity contribution is 7.13. The highest BCUT2D eigenvalue weighted by Crippen LogP contribution is 2.33. The molecule has 2 heterocycles. The molecule has 1 aliphatic heterocycles. The number of carboxylic acid groups (broad SMARTS) is 1. The Morgan fingerprint density at radius 3 is 2.50 bits per heavy atom. The molecule has 184 valence electrons. The normalized spacial score (nSPS) is 18.9. The Bertz CT molecular complexity index is 1030. The predicted octanol–water partition coefficient (Wildman–Crippen LogP) is 2.62. The SMILES string of the molecule is CC(C)C(NC(=O)O)C(=O)N1C[C@H](O)C[C@H]1C(=O)NCc1ccc(-c2scnc2C(F)F)cc1. The van der Waals surface area contributed by atoms with E-state index in [9.17, 15) is 28.3 Å². The number of thiazole rings is 1. The number of likely N-dealkylation sites (tertiary alicyclic amines) is 1. The maximum atomic E-state index is 13.1. The lowest BCUT2D eigenvalue weighted by atomic mass is 10.0. The number of carbonyl (C=O) groups excluding carboxylic acids is 2. The molecule has 2 aromatic rings. The summed E-state index contributed by atoms with van der Waals surface area (Å²) in [5.41, 5.74) is 2.40. The molecule has 34 heavy (non-hydrogen) atoms. The van der Waals surface area contributed by atoms with Gasteiger partial charge >= 0.3 is 6.09 Å². The van der Waals surface area contributed by atoms with Crippen LogP contribution in [0, 0.1) is 5.92 Å². The van der Waals surface area contributed by atoms with Gasteiger partial charge < -0.3 is 25.7 Å². The number of aliphatic hydroxyl groups excluding tert-OH is 1. The zero-order valence-corrected chi connectivity index (χ0v) is 19.4. The molecule has 1 fully saturated rings. The lowest BCUT2D eigenvalue weighted by Crippen LogP contribution is -2.55. The lowest BCUT2D eigenvalue weighted by molar-refractivity contribution is -0.140. The summed E-state index contributed by atoms with van der Waals surface area (Å²) in [6.45, 7) is 3.41. The van der Waals surface area contributed by atoms with Crippen molar-refractivity contribution in [1.29, 1.82) is 0 Å². The minimum Gasteiger partial charge on any atom is -0.465 e. The fraction of sp³-hybridized carbons (Fsp3) is 0.455. The maximum absolute atomic E-state index is 13.1. The van der Waals surface area contributed by atoms with Gasteiger partial charge in [0.15, 0.2) is 0 Å². The Hall–Kier alpha value is -3.12. The van der Waals surface area contributed by atoms with E-state index in [0.29, 0.717) is 16.0 Å². The molecule has 1 saturated heterocycles. The van der Waals surface area contributed by atoms with E-state index in [1.165, 1.54) is 10.4 Å². The third-order valence-corrected chi connectivity index (χ3v) is 6.45. The minimum atomic E-state index is -2.67. The molecule has 3 amide bonds. The van der Waals surface area contributed by atoms with Crippen LogP contribution in [-0.2, 0) is 16.1 Å². The van der Waals surface area contributed by atoms with Crippen molar-refractivity contribution in [3.8, 4) is 10.4 Å². The Morgan fingerprint density at radius 1 is 1.24 bits per heavy atom. The Morgan fingerprint density at radius 2 is 1.91 bits per heavy atom. The molecular formula is C22H26F2N4O5S. The van der Waals surface area contributed by atoms with Gasteiger partial charge in [0, 0.05) is 19.5 Å². The van der Waals surface area contributed by atoms with Crippen LogP contribution in [0.25, 0.3) is 10.4 Å². The first-order valence-electron chi connectivity index (χ1n) is 10.6.